The minimum Gasteiger partial charge on any atom is -0.310 e. The molecular weight excluding hydrogens is 242 g/mol. The largest absolute Gasteiger partial charge is 0.310 e. The van der Waals surface area contributed by atoms with E-state index in [0.717, 1.165) is 12.0 Å². The summed E-state index contributed by atoms with van der Waals surface area (Å²) in [6, 6.07) is 17.2. The summed E-state index contributed by atoms with van der Waals surface area (Å²) in [5.74, 6) is 0. The Hall–Kier alpha value is -2.54. The molecule has 0 radical (unpaired) electrons. The van der Waals surface area contributed by atoms with E-state index in [2.05, 4.69) is 77.9 Å². The van der Waals surface area contributed by atoms with Crippen LogP contribution in [0.4, 0.5) is 0 Å². The molecule has 0 unspecified atom stereocenters. The van der Waals surface area contributed by atoms with Crippen molar-refractivity contribution in [1.82, 2.24) is 4.57 Å². The normalized spacial score (nSPS) is 15.0. The van der Waals surface area contributed by atoms with Crippen LogP contribution in [0.25, 0.3) is 27.5 Å². The van der Waals surface area contributed by atoms with Crippen LogP contribution >= 0.6 is 0 Å². The van der Waals surface area contributed by atoms with Crippen LogP contribution in [0.15, 0.2) is 78.9 Å². The molecule has 20 heavy (non-hydrogen) atoms. The van der Waals surface area contributed by atoms with Crippen molar-refractivity contribution in [2.24, 2.45) is 0 Å². The number of fused-ring (bicyclic) bond motifs is 3. The number of rotatable bonds is 1. The standard InChI is InChI=1S/C19H15N/c1-14-10-12-15(13-11-14)20-18-8-4-2-6-16(18)17-7-3-5-9-19(17)20/h2-10,12-13H,1,11H2. The van der Waals surface area contributed by atoms with Crippen molar-refractivity contribution in [3.8, 4) is 0 Å². The van der Waals surface area contributed by atoms with Gasteiger partial charge in [-0.1, -0.05) is 60.7 Å². The van der Waals surface area contributed by atoms with Gasteiger partial charge in [0, 0.05) is 16.5 Å². The van der Waals surface area contributed by atoms with E-state index in [0.29, 0.717) is 0 Å². The Kier molecular flexibility index (Phi) is 2.40. The lowest BCUT2D eigenvalue weighted by atomic mass is 10.1. The second kappa shape index (κ2) is 4.24. The first-order valence-corrected chi connectivity index (χ1v) is 6.89. The molecule has 0 spiro atoms. The summed E-state index contributed by atoms with van der Waals surface area (Å²) >= 11 is 0. The first kappa shape index (κ1) is 11.3. The number of para-hydroxylation sites is 2. The van der Waals surface area contributed by atoms with Crippen molar-refractivity contribution >= 4 is 27.5 Å². The van der Waals surface area contributed by atoms with E-state index in [-0.39, 0.29) is 0 Å². The molecule has 1 heterocycles. The third kappa shape index (κ3) is 1.56. The Morgan fingerprint density at radius 1 is 0.800 bits per heavy atom. The van der Waals surface area contributed by atoms with Crippen LogP contribution < -0.4 is 0 Å². The predicted molar refractivity (Wildman–Crippen MR) is 86.6 cm³/mol. The van der Waals surface area contributed by atoms with E-state index in [1.165, 1.54) is 27.5 Å². The van der Waals surface area contributed by atoms with Gasteiger partial charge in [-0.05, 0) is 24.6 Å². The molecule has 0 N–H and O–H groups in total. The van der Waals surface area contributed by atoms with Crippen molar-refractivity contribution in [2.75, 3.05) is 0 Å². The summed E-state index contributed by atoms with van der Waals surface area (Å²) in [6.45, 7) is 4.01. The molecule has 3 aromatic rings. The SMILES string of the molecule is C=C1C=CC(n2c3ccccc3c3ccccc32)=CC1. The lowest BCUT2D eigenvalue weighted by Crippen LogP contribution is -1.97. The second-order valence-corrected chi connectivity index (χ2v) is 5.19. The highest BCUT2D eigenvalue weighted by Gasteiger charge is 2.12. The van der Waals surface area contributed by atoms with Crippen LogP contribution in [0.3, 0.4) is 0 Å². The number of aromatic nitrogens is 1. The Morgan fingerprint density at radius 2 is 1.40 bits per heavy atom. The zero-order valence-corrected chi connectivity index (χ0v) is 11.2. The summed E-state index contributed by atoms with van der Waals surface area (Å²) < 4.78 is 2.34. The highest BCUT2D eigenvalue weighted by Crippen LogP contribution is 2.33. The van der Waals surface area contributed by atoms with Gasteiger partial charge in [0.05, 0.1) is 11.0 Å². The minimum absolute atomic E-state index is 0.923. The van der Waals surface area contributed by atoms with Crippen LogP contribution in [0.5, 0.6) is 0 Å². The molecule has 1 aliphatic rings. The van der Waals surface area contributed by atoms with Crippen molar-refractivity contribution in [3.63, 3.8) is 0 Å². The summed E-state index contributed by atoms with van der Waals surface area (Å²) in [7, 11) is 0. The van der Waals surface area contributed by atoms with E-state index in [1.807, 2.05) is 0 Å². The maximum atomic E-state index is 4.01. The zero-order chi connectivity index (χ0) is 13.5. The van der Waals surface area contributed by atoms with Gasteiger partial charge in [-0.15, -0.1) is 0 Å². The van der Waals surface area contributed by atoms with Crippen molar-refractivity contribution in [2.45, 2.75) is 6.42 Å². The molecular formula is C19H15N. The third-order valence-electron chi connectivity index (χ3n) is 3.90. The van der Waals surface area contributed by atoms with Crippen LogP contribution in [-0.2, 0) is 0 Å². The van der Waals surface area contributed by atoms with E-state index in [1.54, 1.807) is 0 Å². The van der Waals surface area contributed by atoms with Gasteiger partial charge >= 0.3 is 0 Å². The van der Waals surface area contributed by atoms with E-state index in [9.17, 15) is 0 Å². The fourth-order valence-electron chi connectivity index (χ4n) is 2.94. The van der Waals surface area contributed by atoms with Gasteiger partial charge in [0.2, 0.25) is 0 Å². The number of allylic oxidation sites excluding steroid dienone is 5. The highest BCUT2D eigenvalue weighted by atomic mass is 15.0. The molecule has 1 aromatic heterocycles. The van der Waals surface area contributed by atoms with Crippen LogP contribution in [-0.4, -0.2) is 4.57 Å². The molecule has 0 fully saturated rings. The fraction of sp³-hybridized carbons (Fsp3) is 0.0526. The molecule has 1 heteroatoms. The van der Waals surface area contributed by atoms with Gasteiger partial charge in [-0.25, -0.2) is 0 Å². The van der Waals surface area contributed by atoms with Crippen LogP contribution in [0, 0.1) is 0 Å². The Labute approximate surface area is 118 Å². The summed E-state index contributed by atoms with van der Waals surface area (Å²) in [6.07, 6.45) is 7.44. The number of hydrogen-bond acceptors (Lipinski definition) is 0. The first-order chi connectivity index (χ1) is 9.84. The van der Waals surface area contributed by atoms with Gasteiger partial charge in [0.25, 0.3) is 0 Å². The Bertz CT molecular complexity index is 837. The molecule has 0 amide bonds. The molecule has 4 rings (SSSR count). The molecule has 0 atom stereocenters. The maximum absolute atomic E-state index is 4.01. The number of nitrogens with zero attached hydrogens (tertiary/aromatic N) is 1. The zero-order valence-electron chi connectivity index (χ0n) is 11.2. The number of benzene rings is 2. The average Bonchev–Trinajstić information content (AvgIpc) is 2.83. The lowest BCUT2D eigenvalue weighted by molar-refractivity contribution is 1.17. The van der Waals surface area contributed by atoms with Crippen molar-refractivity contribution in [1.29, 1.82) is 0 Å². The summed E-state index contributed by atoms with van der Waals surface area (Å²) in [4.78, 5) is 0. The van der Waals surface area contributed by atoms with Gasteiger partial charge in [-0.3, -0.25) is 0 Å². The molecule has 1 nitrogen and oxygen atoms in total. The highest BCUT2D eigenvalue weighted by molar-refractivity contribution is 6.10. The molecule has 0 saturated heterocycles. The molecule has 1 aliphatic carbocycles. The van der Waals surface area contributed by atoms with E-state index < -0.39 is 0 Å². The monoisotopic (exact) mass is 257 g/mol. The Morgan fingerprint density at radius 3 is 1.95 bits per heavy atom. The third-order valence-corrected chi connectivity index (χ3v) is 3.90. The average molecular weight is 257 g/mol. The fourth-order valence-corrected chi connectivity index (χ4v) is 2.94. The molecule has 0 bridgehead atoms. The molecule has 96 valence electrons. The lowest BCUT2D eigenvalue weighted by Gasteiger charge is -2.12. The predicted octanol–water partition coefficient (Wildman–Crippen LogP) is 5.15. The van der Waals surface area contributed by atoms with Gasteiger partial charge in [0.15, 0.2) is 0 Å². The van der Waals surface area contributed by atoms with Crippen LogP contribution in [0.2, 0.25) is 0 Å². The quantitative estimate of drug-likeness (QED) is 0.568. The molecule has 0 saturated carbocycles. The Balaban J connectivity index is 2.11. The van der Waals surface area contributed by atoms with Crippen LogP contribution in [0.1, 0.15) is 6.42 Å². The van der Waals surface area contributed by atoms with Crippen molar-refractivity contribution in [3.05, 3.63) is 78.9 Å². The van der Waals surface area contributed by atoms with E-state index in [4.69, 9.17) is 0 Å². The number of hydrogen-bond donors (Lipinski definition) is 0. The maximum Gasteiger partial charge on any atom is 0.0540 e. The molecule has 0 aliphatic heterocycles. The molecule has 2 aromatic carbocycles. The van der Waals surface area contributed by atoms with Gasteiger partial charge in [0.1, 0.15) is 0 Å². The van der Waals surface area contributed by atoms with Gasteiger partial charge in [-0.2, -0.15) is 0 Å². The van der Waals surface area contributed by atoms with Crippen molar-refractivity contribution < 1.29 is 0 Å². The topological polar surface area (TPSA) is 4.93 Å². The first-order valence-electron chi connectivity index (χ1n) is 6.89. The minimum atomic E-state index is 0.923. The van der Waals surface area contributed by atoms with Gasteiger partial charge < -0.3 is 4.57 Å². The smallest absolute Gasteiger partial charge is 0.0540 e. The summed E-state index contributed by atoms with van der Waals surface area (Å²) in [5.41, 5.74) is 4.92. The summed E-state index contributed by atoms with van der Waals surface area (Å²) in [5, 5.41) is 2.61. The van der Waals surface area contributed by atoms with E-state index >= 15 is 0 Å². The second-order valence-electron chi connectivity index (χ2n) is 5.19.